The predicted molar refractivity (Wildman–Crippen MR) is 124 cm³/mol. The van der Waals surface area contributed by atoms with E-state index in [-0.39, 0.29) is 0 Å². The SMILES string of the molecule is Cc1ccccc1NC(=O)NN=Cc1cc(Br)ccc1OCc1ccc(Br)cc1. The van der Waals surface area contributed by atoms with Gasteiger partial charge in [-0.3, -0.25) is 0 Å². The van der Waals surface area contributed by atoms with Crippen molar-refractivity contribution in [3.05, 3.63) is 92.4 Å². The highest BCUT2D eigenvalue weighted by Gasteiger charge is 2.05. The molecule has 0 radical (unpaired) electrons. The first-order chi connectivity index (χ1) is 14.0. The second-order valence-electron chi connectivity index (χ2n) is 6.24. The number of aryl methyl sites for hydroxylation is 1. The number of ether oxygens (including phenoxy) is 1. The van der Waals surface area contributed by atoms with Gasteiger partial charge in [0.2, 0.25) is 0 Å². The lowest BCUT2D eigenvalue weighted by Gasteiger charge is -2.10. The molecule has 0 spiro atoms. The van der Waals surface area contributed by atoms with Crippen LogP contribution in [-0.4, -0.2) is 12.2 Å². The third kappa shape index (κ3) is 6.44. The molecular weight excluding hydrogens is 498 g/mol. The smallest absolute Gasteiger partial charge is 0.339 e. The summed E-state index contributed by atoms with van der Waals surface area (Å²) < 4.78 is 7.84. The van der Waals surface area contributed by atoms with E-state index in [9.17, 15) is 4.79 Å². The van der Waals surface area contributed by atoms with Gasteiger partial charge in [0.25, 0.3) is 0 Å². The summed E-state index contributed by atoms with van der Waals surface area (Å²) in [5.74, 6) is 0.668. The molecule has 0 aromatic heterocycles. The average molecular weight is 517 g/mol. The van der Waals surface area contributed by atoms with Gasteiger partial charge in [0.15, 0.2) is 0 Å². The number of nitrogens with zero attached hydrogens (tertiary/aromatic N) is 1. The summed E-state index contributed by atoms with van der Waals surface area (Å²) in [6.45, 7) is 2.35. The van der Waals surface area contributed by atoms with Gasteiger partial charge in [0, 0.05) is 20.2 Å². The van der Waals surface area contributed by atoms with Crippen molar-refractivity contribution in [2.45, 2.75) is 13.5 Å². The van der Waals surface area contributed by atoms with E-state index in [2.05, 4.69) is 47.7 Å². The van der Waals surface area contributed by atoms with E-state index in [1.807, 2.05) is 73.7 Å². The molecule has 0 heterocycles. The molecule has 3 aromatic carbocycles. The number of nitrogens with one attached hydrogen (secondary N) is 2. The van der Waals surface area contributed by atoms with Gasteiger partial charge in [-0.1, -0.05) is 62.2 Å². The highest BCUT2D eigenvalue weighted by Crippen LogP contribution is 2.23. The summed E-state index contributed by atoms with van der Waals surface area (Å²) in [5.41, 5.74) is 5.98. The lowest BCUT2D eigenvalue weighted by Crippen LogP contribution is -2.24. The quantitative estimate of drug-likeness (QED) is 0.300. The van der Waals surface area contributed by atoms with Crippen LogP contribution in [0.25, 0.3) is 0 Å². The Kier molecular flexibility index (Phi) is 7.43. The molecular formula is C22H19Br2N3O2. The number of halogens is 2. The van der Waals surface area contributed by atoms with E-state index < -0.39 is 6.03 Å². The fraction of sp³-hybridized carbons (Fsp3) is 0.0909. The van der Waals surface area contributed by atoms with E-state index in [1.54, 1.807) is 6.21 Å². The fourth-order valence-corrected chi connectivity index (χ4v) is 3.16. The van der Waals surface area contributed by atoms with Gasteiger partial charge in [-0.2, -0.15) is 5.10 Å². The molecule has 3 aromatic rings. The standard InChI is InChI=1S/C22H19Br2N3O2/c1-15-4-2-3-5-20(15)26-22(28)27-25-13-17-12-19(24)10-11-21(17)29-14-16-6-8-18(23)9-7-16/h2-13H,14H2,1H3,(H2,26,27,28). The van der Waals surface area contributed by atoms with Crippen LogP contribution in [0.4, 0.5) is 10.5 Å². The molecule has 7 heteroatoms. The van der Waals surface area contributed by atoms with Crippen molar-refractivity contribution in [2.24, 2.45) is 5.10 Å². The molecule has 5 nitrogen and oxygen atoms in total. The van der Waals surface area contributed by atoms with Crippen molar-refractivity contribution in [3.8, 4) is 5.75 Å². The Bertz CT molecular complexity index is 1020. The normalized spacial score (nSPS) is 10.7. The van der Waals surface area contributed by atoms with E-state index >= 15 is 0 Å². The topological polar surface area (TPSA) is 62.7 Å². The highest BCUT2D eigenvalue weighted by molar-refractivity contribution is 9.10. The molecule has 0 saturated heterocycles. The Morgan fingerprint density at radius 2 is 1.76 bits per heavy atom. The van der Waals surface area contributed by atoms with Gasteiger partial charge < -0.3 is 10.1 Å². The molecule has 148 valence electrons. The van der Waals surface area contributed by atoms with Gasteiger partial charge in [-0.25, -0.2) is 10.2 Å². The Hall–Kier alpha value is -2.64. The zero-order valence-electron chi connectivity index (χ0n) is 15.7. The molecule has 0 aliphatic rings. The summed E-state index contributed by atoms with van der Waals surface area (Å²) in [7, 11) is 0. The minimum atomic E-state index is -0.414. The number of carbonyl (C=O) groups excluding carboxylic acids is 1. The van der Waals surface area contributed by atoms with Crippen molar-refractivity contribution in [3.63, 3.8) is 0 Å². The number of hydrogen-bond donors (Lipinski definition) is 2. The molecule has 29 heavy (non-hydrogen) atoms. The first-order valence-corrected chi connectivity index (χ1v) is 10.4. The lowest BCUT2D eigenvalue weighted by atomic mass is 10.2. The molecule has 0 bridgehead atoms. The Labute approximate surface area is 186 Å². The number of urea groups is 1. The number of benzene rings is 3. The monoisotopic (exact) mass is 515 g/mol. The van der Waals surface area contributed by atoms with Crippen molar-refractivity contribution in [1.29, 1.82) is 0 Å². The highest BCUT2D eigenvalue weighted by atomic mass is 79.9. The maximum absolute atomic E-state index is 12.1. The molecule has 2 N–H and O–H groups in total. The number of para-hydroxylation sites is 1. The molecule has 2 amide bonds. The first kappa shape index (κ1) is 21.1. The fourth-order valence-electron chi connectivity index (χ4n) is 2.52. The van der Waals surface area contributed by atoms with Crippen LogP contribution in [0.1, 0.15) is 16.7 Å². The molecule has 0 aliphatic heterocycles. The molecule has 0 unspecified atom stereocenters. The van der Waals surface area contributed by atoms with Crippen LogP contribution in [0.3, 0.4) is 0 Å². The average Bonchev–Trinajstić information content (AvgIpc) is 2.70. The maximum atomic E-state index is 12.1. The molecule has 3 rings (SSSR count). The molecule has 0 saturated carbocycles. The van der Waals surface area contributed by atoms with Crippen LogP contribution in [0, 0.1) is 6.92 Å². The number of carbonyl (C=O) groups is 1. The maximum Gasteiger partial charge on any atom is 0.339 e. The van der Waals surface area contributed by atoms with Crippen molar-refractivity contribution in [1.82, 2.24) is 5.43 Å². The van der Waals surface area contributed by atoms with Crippen LogP contribution in [-0.2, 0) is 6.61 Å². The van der Waals surface area contributed by atoms with E-state index in [4.69, 9.17) is 4.74 Å². The van der Waals surface area contributed by atoms with Gasteiger partial charge in [0.1, 0.15) is 12.4 Å². The predicted octanol–water partition coefficient (Wildman–Crippen LogP) is 6.25. The van der Waals surface area contributed by atoms with Gasteiger partial charge >= 0.3 is 6.03 Å². The van der Waals surface area contributed by atoms with E-state index in [0.717, 1.165) is 31.3 Å². The van der Waals surface area contributed by atoms with Crippen LogP contribution < -0.4 is 15.5 Å². The zero-order valence-corrected chi connectivity index (χ0v) is 18.8. The van der Waals surface area contributed by atoms with E-state index in [0.29, 0.717) is 12.4 Å². The number of amides is 2. The first-order valence-electron chi connectivity index (χ1n) is 8.84. The third-order valence-corrected chi connectivity index (χ3v) is 5.06. The molecule has 0 aliphatic carbocycles. The second-order valence-corrected chi connectivity index (χ2v) is 8.07. The summed E-state index contributed by atoms with van der Waals surface area (Å²) in [5, 5.41) is 6.81. The minimum Gasteiger partial charge on any atom is -0.488 e. The van der Waals surface area contributed by atoms with Crippen LogP contribution in [0.2, 0.25) is 0 Å². The third-order valence-electron chi connectivity index (χ3n) is 4.04. The van der Waals surface area contributed by atoms with Gasteiger partial charge in [-0.05, 0) is 54.4 Å². The van der Waals surface area contributed by atoms with Crippen molar-refractivity contribution in [2.75, 3.05) is 5.32 Å². The van der Waals surface area contributed by atoms with Crippen LogP contribution in [0.15, 0.2) is 80.8 Å². The number of rotatable bonds is 6. The molecule has 0 atom stereocenters. The number of hydrogen-bond acceptors (Lipinski definition) is 3. The van der Waals surface area contributed by atoms with E-state index in [1.165, 1.54) is 0 Å². The Morgan fingerprint density at radius 1 is 1.03 bits per heavy atom. The van der Waals surface area contributed by atoms with Gasteiger partial charge in [0.05, 0.1) is 6.21 Å². The van der Waals surface area contributed by atoms with Crippen LogP contribution >= 0.6 is 31.9 Å². The largest absolute Gasteiger partial charge is 0.488 e. The lowest BCUT2D eigenvalue weighted by molar-refractivity contribution is 0.252. The number of anilines is 1. The second kappa shape index (κ2) is 10.2. The van der Waals surface area contributed by atoms with Crippen molar-refractivity contribution < 1.29 is 9.53 Å². The van der Waals surface area contributed by atoms with Crippen molar-refractivity contribution >= 4 is 49.8 Å². The van der Waals surface area contributed by atoms with Gasteiger partial charge in [-0.15, -0.1) is 0 Å². The summed E-state index contributed by atoms with van der Waals surface area (Å²) in [4.78, 5) is 12.1. The molecule has 0 fully saturated rings. The zero-order chi connectivity index (χ0) is 20.6. The summed E-state index contributed by atoms with van der Waals surface area (Å²) in [6.07, 6.45) is 1.55. The Morgan fingerprint density at radius 3 is 2.52 bits per heavy atom. The minimum absolute atomic E-state index is 0.414. The van der Waals surface area contributed by atoms with Crippen LogP contribution in [0.5, 0.6) is 5.75 Å². The number of hydrazone groups is 1. The summed E-state index contributed by atoms with van der Waals surface area (Å²) >= 11 is 6.87. The summed E-state index contributed by atoms with van der Waals surface area (Å²) in [6, 6.07) is 20.7. The Balaban J connectivity index is 1.63.